The van der Waals surface area contributed by atoms with Crippen LogP contribution in [0.2, 0.25) is 0 Å². The van der Waals surface area contributed by atoms with Crippen LogP contribution in [0, 0.1) is 0 Å². The van der Waals surface area contributed by atoms with Crippen LogP contribution in [0.25, 0.3) is 9.88 Å². The third-order valence-corrected chi connectivity index (χ3v) is 6.12. The summed E-state index contributed by atoms with van der Waals surface area (Å²) in [7, 11) is 1.78. The zero-order valence-electron chi connectivity index (χ0n) is 12.8. The maximum absolute atomic E-state index is 12.6. The number of hydrogen-bond acceptors (Lipinski definition) is 7. The van der Waals surface area contributed by atoms with Crippen LogP contribution in [-0.4, -0.2) is 27.8 Å². The second-order valence-corrected chi connectivity index (χ2v) is 7.80. The van der Waals surface area contributed by atoms with Crippen LogP contribution in [0.5, 0.6) is 0 Å². The fourth-order valence-electron chi connectivity index (χ4n) is 2.16. The predicted octanol–water partition coefficient (Wildman–Crippen LogP) is 3.74. The van der Waals surface area contributed by atoms with E-state index in [9.17, 15) is 4.79 Å². The standard InChI is InChI=1S/C15H16N4OS3/c1-3-10-12(23-15(16)18-10)14(20)19(2)7-9-8-22-13(17-9)11-5-4-6-21-11/h4-6,8H,3,7H2,1-2H3,(H2,16,18). The van der Waals surface area contributed by atoms with Crippen LogP contribution in [0.1, 0.15) is 28.0 Å². The fourth-order valence-corrected chi connectivity index (χ4v) is 4.70. The summed E-state index contributed by atoms with van der Waals surface area (Å²) in [5, 5.41) is 5.46. The van der Waals surface area contributed by atoms with Crippen LogP contribution >= 0.6 is 34.0 Å². The van der Waals surface area contributed by atoms with Crippen molar-refractivity contribution in [3.8, 4) is 9.88 Å². The third-order valence-electron chi connectivity index (χ3n) is 3.27. The first-order valence-electron chi connectivity index (χ1n) is 7.07. The van der Waals surface area contributed by atoms with Crippen molar-refractivity contribution in [2.45, 2.75) is 19.9 Å². The third kappa shape index (κ3) is 3.44. The lowest BCUT2D eigenvalue weighted by molar-refractivity contribution is 0.0787. The second kappa shape index (κ2) is 6.77. The molecule has 0 aliphatic rings. The molecule has 120 valence electrons. The lowest BCUT2D eigenvalue weighted by Crippen LogP contribution is -2.26. The van der Waals surface area contributed by atoms with Crippen molar-refractivity contribution in [3.05, 3.63) is 39.2 Å². The van der Waals surface area contributed by atoms with Gasteiger partial charge in [0.25, 0.3) is 5.91 Å². The lowest BCUT2D eigenvalue weighted by Gasteiger charge is -2.15. The van der Waals surface area contributed by atoms with Crippen molar-refractivity contribution in [1.29, 1.82) is 0 Å². The van der Waals surface area contributed by atoms with Gasteiger partial charge in [-0.3, -0.25) is 4.79 Å². The normalized spacial score (nSPS) is 10.9. The quantitative estimate of drug-likeness (QED) is 0.748. The van der Waals surface area contributed by atoms with E-state index in [2.05, 4.69) is 16.0 Å². The Morgan fingerprint density at radius 3 is 2.87 bits per heavy atom. The maximum Gasteiger partial charge on any atom is 0.266 e. The molecule has 1 amide bonds. The van der Waals surface area contributed by atoms with E-state index >= 15 is 0 Å². The number of anilines is 1. The van der Waals surface area contributed by atoms with Gasteiger partial charge in [0.15, 0.2) is 5.13 Å². The van der Waals surface area contributed by atoms with Gasteiger partial charge in [0.1, 0.15) is 9.88 Å². The summed E-state index contributed by atoms with van der Waals surface area (Å²) in [6, 6.07) is 4.06. The molecule has 3 rings (SSSR count). The van der Waals surface area contributed by atoms with E-state index in [0.717, 1.165) is 21.3 Å². The molecule has 0 fully saturated rings. The van der Waals surface area contributed by atoms with E-state index in [1.165, 1.54) is 11.3 Å². The van der Waals surface area contributed by atoms with Gasteiger partial charge in [-0.1, -0.05) is 24.3 Å². The van der Waals surface area contributed by atoms with Crippen molar-refractivity contribution < 1.29 is 4.79 Å². The number of amides is 1. The highest BCUT2D eigenvalue weighted by Gasteiger charge is 2.20. The number of hydrogen-bond donors (Lipinski definition) is 1. The Balaban J connectivity index is 1.73. The van der Waals surface area contributed by atoms with Crippen LogP contribution in [0.4, 0.5) is 5.13 Å². The zero-order valence-corrected chi connectivity index (χ0v) is 15.2. The number of aromatic nitrogens is 2. The number of carbonyl (C=O) groups excluding carboxylic acids is 1. The molecular weight excluding hydrogens is 348 g/mol. The van der Waals surface area contributed by atoms with Gasteiger partial charge in [0, 0.05) is 12.4 Å². The molecule has 0 atom stereocenters. The van der Waals surface area contributed by atoms with Crippen LogP contribution in [0.15, 0.2) is 22.9 Å². The first-order valence-corrected chi connectivity index (χ1v) is 9.65. The molecule has 0 bridgehead atoms. The molecule has 3 aromatic rings. The minimum atomic E-state index is -0.0540. The van der Waals surface area contributed by atoms with E-state index in [4.69, 9.17) is 5.73 Å². The molecule has 0 radical (unpaired) electrons. The largest absolute Gasteiger partial charge is 0.375 e. The molecule has 0 aromatic carbocycles. The molecule has 0 aliphatic heterocycles. The molecule has 3 aromatic heterocycles. The number of rotatable bonds is 5. The Labute approximate surface area is 146 Å². The van der Waals surface area contributed by atoms with Crippen LogP contribution in [-0.2, 0) is 13.0 Å². The monoisotopic (exact) mass is 364 g/mol. The maximum atomic E-state index is 12.6. The Morgan fingerprint density at radius 2 is 2.17 bits per heavy atom. The van der Waals surface area contributed by atoms with Gasteiger partial charge in [-0.15, -0.1) is 22.7 Å². The molecule has 0 saturated heterocycles. The lowest BCUT2D eigenvalue weighted by atomic mass is 10.2. The van der Waals surface area contributed by atoms with Gasteiger partial charge in [-0.05, 0) is 17.9 Å². The Hall–Kier alpha value is -1.77. The second-order valence-electron chi connectivity index (χ2n) is 4.96. The molecule has 5 nitrogen and oxygen atoms in total. The molecule has 23 heavy (non-hydrogen) atoms. The highest BCUT2D eigenvalue weighted by atomic mass is 32.1. The number of thiophene rings is 1. The first-order chi connectivity index (χ1) is 11.1. The average molecular weight is 365 g/mol. The number of nitrogens with two attached hydrogens (primary N) is 1. The molecule has 3 heterocycles. The SMILES string of the molecule is CCc1nc(N)sc1C(=O)N(C)Cc1csc(-c2cccs2)n1. The Kier molecular flexibility index (Phi) is 4.74. The smallest absolute Gasteiger partial charge is 0.266 e. The summed E-state index contributed by atoms with van der Waals surface area (Å²) >= 11 is 4.51. The number of carbonyl (C=O) groups is 1. The molecule has 0 aliphatic carbocycles. The zero-order chi connectivity index (χ0) is 16.4. The van der Waals surface area contributed by atoms with Crippen molar-refractivity contribution in [1.82, 2.24) is 14.9 Å². The van der Waals surface area contributed by atoms with Gasteiger partial charge < -0.3 is 10.6 Å². The van der Waals surface area contributed by atoms with Crippen molar-refractivity contribution >= 4 is 45.0 Å². The summed E-state index contributed by atoms with van der Waals surface area (Å²) in [5.74, 6) is -0.0540. The minimum absolute atomic E-state index is 0.0540. The van der Waals surface area contributed by atoms with Gasteiger partial charge in [-0.25, -0.2) is 9.97 Å². The van der Waals surface area contributed by atoms with Crippen molar-refractivity contribution in [3.63, 3.8) is 0 Å². The summed E-state index contributed by atoms with van der Waals surface area (Å²) in [6.07, 6.45) is 0.696. The number of nitrogens with zero attached hydrogens (tertiary/aromatic N) is 3. The minimum Gasteiger partial charge on any atom is -0.375 e. The molecule has 2 N–H and O–H groups in total. The molecule has 0 saturated carbocycles. The van der Waals surface area contributed by atoms with E-state index < -0.39 is 0 Å². The Bertz CT molecular complexity index is 807. The molecular formula is C15H16N4OS3. The van der Waals surface area contributed by atoms with Crippen molar-refractivity contribution in [2.75, 3.05) is 12.8 Å². The van der Waals surface area contributed by atoms with Gasteiger partial charge in [0.2, 0.25) is 0 Å². The molecule has 8 heteroatoms. The topological polar surface area (TPSA) is 72.1 Å². The van der Waals surface area contributed by atoms with Gasteiger partial charge in [-0.2, -0.15) is 0 Å². The van der Waals surface area contributed by atoms with E-state index in [0.29, 0.717) is 23.0 Å². The van der Waals surface area contributed by atoms with Crippen molar-refractivity contribution in [2.24, 2.45) is 0 Å². The summed E-state index contributed by atoms with van der Waals surface area (Å²) in [4.78, 5) is 24.9. The van der Waals surface area contributed by atoms with Crippen LogP contribution in [0.3, 0.4) is 0 Å². The molecule has 0 spiro atoms. The Morgan fingerprint density at radius 1 is 1.35 bits per heavy atom. The van der Waals surface area contributed by atoms with Crippen LogP contribution < -0.4 is 5.73 Å². The fraction of sp³-hybridized carbons (Fsp3) is 0.267. The van der Waals surface area contributed by atoms with E-state index in [1.54, 1.807) is 34.6 Å². The number of thiazole rings is 2. The molecule has 0 unspecified atom stereocenters. The average Bonchev–Trinajstić information content (AvgIpc) is 3.25. The summed E-state index contributed by atoms with van der Waals surface area (Å²) < 4.78 is 0. The highest BCUT2D eigenvalue weighted by Crippen LogP contribution is 2.28. The first kappa shape index (κ1) is 16.1. The number of nitrogen functional groups attached to an aromatic ring is 1. The van der Waals surface area contributed by atoms with Gasteiger partial charge >= 0.3 is 0 Å². The number of aryl methyl sites for hydroxylation is 1. The van der Waals surface area contributed by atoms with Gasteiger partial charge in [0.05, 0.1) is 22.8 Å². The van der Waals surface area contributed by atoms with E-state index in [-0.39, 0.29) is 5.91 Å². The summed E-state index contributed by atoms with van der Waals surface area (Å²) in [6.45, 7) is 2.45. The summed E-state index contributed by atoms with van der Waals surface area (Å²) in [5.41, 5.74) is 7.39. The highest BCUT2D eigenvalue weighted by molar-refractivity contribution is 7.20. The van der Waals surface area contributed by atoms with E-state index in [1.807, 2.05) is 23.8 Å². The predicted molar refractivity (Wildman–Crippen MR) is 97.1 cm³/mol.